The van der Waals surface area contributed by atoms with Gasteiger partial charge >= 0.3 is 0 Å². The number of nitrogens with zero attached hydrogens (tertiary/aromatic N) is 7. The molecule has 2 bridgehead atoms. The molecule has 5 aromatic rings. The van der Waals surface area contributed by atoms with Crippen molar-refractivity contribution >= 4 is 28.0 Å². The number of hydrogen-bond acceptors (Lipinski definition) is 7. The first kappa shape index (κ1) is 26.8. The summed E-state index contributed by atoms with van der Waals surface area (Å²) in [4.78, 5) is 30.2. The van der Waals surface area contributed by atoms with Crippen LogP contribution in [0, 0.1) is 30.1 Å². The van der Waals surface area contributed by atoms with Crippen molar-refractivity contribution in [3.63, 3.8) is 0 Å². The van der Waals surface area contributed by atoms with Crippen molar-refractivity contribution in [1.29, 1.82) is 5.26 Å². The number of methoxy groups -OCH3 is 1. The molecule has 10 heteroatoms. The third-order valence-corrected chi connectivity index (χ3v) is 9.93. The number of nitrogens with two attached hydrogens (primary N) is 1. The van der Waals surface area contributed by atoms with Gasteiger partial charge in [0.15, 0.2) is 5.82 Å². The average Bonchev–Trinajstić information content (AvgIpc) is 3.44. The minimum Gasteiger partial charge on any atom is -0.494 e. The molecule has 3 aliphatic rings. The van der Waals surface area contributed by atoms with Crippen molar-refractivity contribution in [2.75, 3.05) is 13.7 Å². The number of likely N-dealkylation sites (tertiary alicyclic amines) is 1. The molecule has 2 unspecified atom stereocenters. The summed E-state index contributed by atoms with van der Waals surface area (Å²) in [7, 11) is 3.63. The zero-order chi connectivity index (χ0) is 30.3. The van der Waals surface area contributed by atoms with Crippen molar-refractivity contribution < 1.29 is 9.53 Å². The smallest absolute Gasteiger partial charge is 0.254 e. The maximum atomic E-state index is 13.7. The van der Waals surface area contributed by atoms with Crippen molar-refractivity contribution in [2.45, 2.75) is 51.2 Å². The summed E-state index contributed by atoms with van der Waals surface area (Å²) in [6.07, 6.45) is 6.18. The highest BCUT2D eigenvalue weighted by atomic mass is 16.5. The van der Waals surface area contributed by atoms with E-state index in [1.165, 1.54) is 12.8 Å². The minimum atomic E-state index is -0.00721. The number of amides is 1. The molecule has 0 radical (unpaired) electrons. The van der Waals surface area contributed by atoms with E-state index in [0.29, 0.717) is 35.4 Å². The predicted octanol–water partition coefficient (Wildman–Crippen LogP) is 4.81. The van der Waals surface area contributed by atoms with Crippen LogP contribution in [0.25, 0.3) is 44.8 Å². The van der Waals surface area contributed by atoms with Gasteiger partial charge in [0.05, 0.1) is 24.0 Å². The number of piperidine rings is 1. The quantitative estimate of drug-likeness (QED) is 0.302. The van der Waals surface area contributed by atoms with Crippen LogP contribution in [-0.2, 0) is 13.6 Å². The first-order valence-corrected chi connectivity index (χ1v) is 15.3. The van der Waals surface area contributed by atoms with Crippen LogP contribution in [-0.4, -0.2) is 60.6 Å². The van der Waals surface area contributed by atoms with E-state index in [0.717, 1.165) is 69.8 Å². The van der Waals surface area contributed by atoms with Gasteiger partial charge in [-0.3, -0.25) is 4.79 Å². The van der Waals surface area contributed by atoms with Crippen LogP contribution in [0.5, 0.6) is 5.75 Å². The van der Waals surface area contributed by atoms with Crippen molar-refractivity contribution in [3.05, 3.63) is 59.4 Å². The monoisotopic (exact) mass is 586 g/mol. The minimum absolute atomic E-state index is 0.00721. The topological polar surface area (TPSA) is 128 Å². The summed E-state index contributed by atoms with van der Waals surface area (Å²) in [5.74, 6) is 2.39. The third kappa shape index (κ3) is 4.10. The number of rotatable bonds is 6. The number of carbonyl (C=O) groups excluding carboxylic acids is 1. The zero-order valence-corrected chi connectivity index (χ0v) is 25.1. The van der Waals surface area contributed by atoms with Gasteiger partial charge in [-0.15, -0.1) is 0 Å². The number of benzene rings is 1. The second-order valence-corrected chi connectivity index (χ2v) is 12.7. The highest BCUT2D eigenvalue weighted by molar-refractivity contribution is 6.00. The van der Waals surface area contributed by atoms with E-state index in [2.05, 4.69) is 32.3 Å². The number of aryl methyl sites for hydroxylation is 2. The number of carbonyl (C=O) groups is 1. The number of aromatic nitrogens is 5. The summed E-state index contributed by atoms with van der Waals surface area (Å²) >= 11 is 0. The molecule has 8 rings (SSSR count). The highest BCUT2D eigenvalue weighted by Gasteiger charge is 2.47. The Balaban J connectivity index is 1.24. The summed E-state index contributed by atoms with van der Waals surface area (Å²) in [5.41, 5.74) is 13.5. The van der Waals surface area contributed by atoms with E-state index in [1.807, 2.05) is 37.1 Å². The van der Waals surface area contributed by atoms with Crippen molar-refractivity contribution in [3.8, 4) is 34.6 Å². The second kappa shape index (κ2) is 9.89. The lowest BCUT2D eigenvalue weighted by atomic mass is 10.1. The van der Waals surface area contributed by atoms with Crippen LogP contribution in [0.3, 0.4) is 0 Å². The zero-order valence-electron chi connectivity index (χ0n) is 25.1. The van der Waals surface area contributed by atoms with E-state index in [9.17, 15) is 10.1 Å². The summed E-state index contributed by atoms with van der Waals surface area (Å²) in [6, 6.07) is 14.1. The SMILES string of the molecule is COc1cc(C(=O)N2CC3CCC2[C@@H]3N)cc2nc(-c3cc4ccc(-c5cnc(C#N)cc5C)nc4n3CC3CC3)n(C)c12. The third-order valence-electron chi connectivity index (χ3n) is 9.93. The fraction of sp³-hybridized carbons (Fsp3) is 0.382. The molecule has 2 N–H and O–H groups in total. The Morgan fingerprint density at radius 1 is 1.14 bits per heavy atom. The molecule has 4 aromatic heterocycles. The Labute approximate surface area is 255 Å². The van der Waals surface area contributed by atoms with Crippen LogP contribution in [0.1, 0.15) is 47.3 Å². The number of imidazole rings is 1. The van der Waals surface area contributed by atoms with Gasteiger partial charge in [0.25, 0.3) is 5.91 Å². The maximum absolute atomic E-state index is 13.7. The Morgan fingerprint density at radius 3 is 2.66 bits per heavy atom. The first-order chi connectivity index (χ1) is 21.3. The van der Waals surface area contributed by atoms with Gasteiger partial charge < -0.3 is 24.5 Å². The first-order valence-electron chi connectivity index (χ1n) is 15.3. The lowest BCUT2D eigenvalue weighted by Crippen LogP contribution is -2.41. The molecule has 2 aliphatic carbocycles. The van der Waals surface area contributed by atoms with Gasteiger partial charge in [0, 0.05) is 54.9 Å². The number of fused-ring (bicyclic) bond motifs is 4. The van der Waals surface area contributed by atoms with Crippen molar-refractivity contribution in [1.82, 2.24) is 29.0 Å². The lowest BCUT2D eigenvalue weighted by molar-refractivity contribution is 0.0700. The van der Waals surface area contributed by atoms with Crippen LogP contribution in [0.15, 0.2) is 42.6 Å². The van der Waals surface area contributed by atoms with Gasteiger partial charge in [0.2, 0.25) is 0 Å². The van der Waals surface area contributed by atoms with Crippen LogP contribution in [0.4, 0.5) is 0 Å². The normalized spacial score (nSPS) is 21.0. The summed E-state index contributed by atoms with van der Waals surface area (Å²) < 4.78 is 10.2. The van der Waals surface area contributed by atoms with Crippen LogP contribution < -0.4 is 10.5 Å². The molecule has 3 atom stereocenters. The van der Waals surface area contributed by atoms with Gasteiger partial charge in [-0.25, -0.2) is 15.0 Å². The fourth-order valence-corrected chi connectivity index (χ4v) is 7.36. The summed E-state index contributed by atoms with van der Waals surface area (Å²) in [5, 5.41) is 10.3. The van der Waals surface area contributed by atoms with Crippen LogP contribution >= 0.6 is 0 Å². The summed E-state index contributed by atoms with van der Waals surface area (Å²) in [6.45, 7) is 3.54. The number of ether oxygens (including phenoxy) is 1. The molecule has 1 amide bonds. The Bertz CT molecular complexity index is 2030. The van der Waals surface area contributed by atoms with Gasteiger partial charge in [-0.2, -0.15) is 5.26 Å². The molecule has 0 spiro atoms. The Kier molecular flexibility index (Phi) is 6.04. The second-order valence-electron chi connectivity index (χ2n) is 12.7. The molecule has 10 nitrogen and oxygen atoms in total. The van der Waals surface area contributed by atoms with Gasteiger partial charge in [-0.05, 0) is 86.4 Å². The lowest BCUT2D eigenvalue weighted by Gasteiger charge is -2.27. The Hall–Kier alpha value is -4.75. The predicted molar refractivity (Wildman–Crippen MR) is 167 cm³/mol. The Morgan fingerprint density at radius 2 is 1.98 bits per heavy atom. The molecule has 1 aromatic carbocycles. The largest absolute Gasteiger partial charge is 0.494 e. The molecule has 222 valence electrons. The molecule has 2 saturated carbocycles. The average molecular weight is 587 g/mol. The van der Waals surface area contributed by atoms with Gasteiger partial charge in [-0.1, -0.05) is 0 Å². The standard InChI is InChI=1S/C34H34N8O2/c1-18-10-23(14-35)37-15-24(18)25-8-6-20-12-28(41(32(20)38-25)16-19-4-5-19)33-39-26-11-22(13-29(44-3)31(26)40(33)2)34(43)42-17-21-7-9-27(42)30(21)36/h6,8,10-13,15,19,21,27,30H,4-5,7,9,16-17,36H2,1-3H3/t21?,27?,30-/m1/s1. The van der Waals surface area contributed by atoms with Crippen molar-refractivity contribution in [2.24, 2.45) is 24.6 Å². The molecule has 5 heterocycles. The van der Waals surface area contributed by atoms with E-state index in [4.69, 9.17) is 20.4 Å². The fourth-order valence-electron chi connectivity index (χ4n) is 7.36. The molecule has 3 fully saturated rings. The molecular formula is C34H34N8O2. The number of pyridine rings is 2. The molecule has 44 heavy (non-hydrogen) atoms. The molecule has 1 aliphatic heterocycles. The highest BCUT2D eigenvalue weighted by Crippen LogP contribution is 2.40. The van der Waals surface area contributed by atoms with E-state index in [-0.39, 0.29) is 18.0 Å². The molecule has 1 saturated heterocycles. The van der Waals surface area contributed by atoms with Gasteiger partial charge in [0.1, 0.15) is 28.7 Å². The number of nitriles is 1. The number of hydrogen-bond donors (Lipinski definition) is 1. The van der Waals surface area contributed by atoms with E-state index >= 15 is 0 Å². The van der Waals surface area contributed by atoms with Crippen LogP contribution in [0.2, 0.25) is 0 Å². The molecular weight excluding hydrogens is 552 g/mol. The maximum Gasteiger partial charge on any atom is 0.254 e. The van der Waals surface area contributed by atoms with E-state index < -0.39 is 0 Å². The van der Waals surface area contributed by atoms with E-state index in [1.54, 1.807) is 19.4 Å².